The van der Waals surface area contributed by atoms with Crippen LogP contribution in [0.3, 0.4) is 0 Å². The van der Waals surface area contributed by atoms with Gasteiger partial charge in [-0.25, -0.2) is 23.2 Å². The number of urea groups is 1. The number of benzene rings is 2. The molecule has 0 aliphatic carbocycles. The highest BCUT2D eigenvalue weighted by atomic mass is 32.2. The van der Waals surface area contributed by atoms with Crippen LogP contribution in [0, 0.1) is 12.3 Å². The zero-order valence-corrected chi connectivity index (χ0v) is 20.1. The Kier molecular flexibility index (Phi) is 6.74. The van der Waals surface area contributed by atoms with Crippen molar-refractivity contribution in [2.75, 3.05) is 23.9 Å². The summed E-state index contributed by atoms with van der Waals surface area (Å²) in [6.45, 7) is 0.303. The van der Waals surface area contributed by atoms with Crippen LogP contribution in [-0.2, 0) is 16.4 Å². The number of nitrogens with one attached hydrogen (secondary N) is 1. The van der Waals surface area contributed by atoms with Gasteiger partial charge in [0.2, 0.25) is 0 Å². The summed E-state index contributed by atoms with van der Waals surface area (Å²) in [7, 11) is -3.24. The zero-order valence-electron chi connectivity index (χ0n) is 17.7. The van der Waals surface area contributed by atoms with Crippen LogP contribution < -0.4 is 5.32 Å². The lowest BCUT2D eigenvalue weighted by Crippen LogP contribution is -2.37. The number of sulfone groups is 1. The van der Waals surface area contributed by atoms with Gasteiger partial charge in [0.1, 0.15) is 15.7 Å². The summed E-state index contributed by atoms with van der Waals surface area (Å²) in [5, 5.41) is 4.81. The number of terminal acetylenes is 1. The van der Waals surface area contributed by atoms with Crippen LogP contribution in [0.4, 0.5) is 10.6 Å². The average molecular weight is 497 g/mol. The molecule has 0 aliphatic heterocycles. The second-order valence-electron chi connectivity index (χ2n) is 7.37. The molecule has 4 aromatic rings. The van der Waals surface area contributed by atoms with Gasteiger partial charge in [-0.2, -0.15) is 0 Å². The Morgan fingerprint density at radius 1 is 1.18 bits per heavy atom. The fraction of sp³-hybridized carbons (Fsp3) is 0.174. The highest BCUT2D eigenvalue weighted by molar-refractivity contribution is 7.90. The first-order valence-electron chi connectivity index (χ1n) is 9.90. The van der Waals surface area contributed by atoms with E-state index in [-0.39, 0.29) is 18.8 Å². The number of carbonyl (C=O) groups is 1. The number of hydrogen-bond donors (Lipinski definition) is 1. The van der Waals surface area contributed by atoms with Crippen molar-refractivity contribution in [3.63, 3.8) is 0 Å². The molecule has 0 aliphatic rings. The van der Waals surface area contributed by atoms with Crippen molar-refractivity contribution in [1.29, 1.82) is 0 Å². The van der Waals surface area contributed by atoms with Gasteiger partial charge in [-0.3, -0.25) is 5.32 Å². The maximum absolute atomic E-state index is 12.9. The third-order valence-electron chi connectivity index (χ3n) is 4.88. The Bertz CT molecular complexity index is 1430. The molecule has 10 heteroatoms. The highest BCUT2D eigenvalue weighted by Crippen LogP contribution is 2.31. The number of anilines is 1. The van der Waals surface area contributed by atoms with Crippen LogP contribution in [0.25, 0.3) is 21.3 Å². The van der Waals surface area contributed by atoms with E-state index in [1.54, 1.807) is 16.7 Å². The van der Waals surface area contributed by atoms with Crippen LogP contribution >= 0.6 is 22.7 Å². The van der Waals surface area contributed by atoms with E-state index in [9.17, 15) is 13.2 Å². The molecule has 2 amide bonds. The summed E-state index contributed by atoms with van der Waals surface area (Å²) in [5.41, 5.74) is 5.81. The van der Waals surface area contributed by atoms with Gasteiger partial charge in [0.15, 0.2) is 5.01 Å². The molecule has 0 saturated carbocycles. The van der Waals surface area contributed by atoms with E-state index >= 15 is 0 Å². The SMILES string of the molecule is C#Cc1nc(NC(=O)N(CCS(C)(=O)=O)Cc2ccc(-c3cccc4ncsc34)cc2)cs1. The first kappa shape index (κ1) is 22.9. The second-order valence-corrected chi connectivity index (χ2v) is 11.3. The Hall–Kier alpha value is -3.26. The molecule has 0 radical (unpaired) electrons. The van der Waals surface area contributed by atoms with Crippen molar-refractivity contribution in [3.05, 3.63) is 63.9 Å². The van der Waals surface area contributed by atoms with Gasteiger partial charge < -0.3 is 4.90 Å². The third-order valence-corrected chi connectivity index (χ3v) is 7.45. The molecule has 0 fully saturated rings. The number of hydrogen-bond acceptors (Lipinski definition) is 7. The Morgan fingerprint density at radius 3 is 2.67 bits per heavy atom. The Morgan fingerprint density at radius 2 is 1.97 bits per heavy atom. The normalized spacial score (nSPS) is 11.3. The minimum absolute atomic E-state index is 0.0543. The summed E-state index contributed by atoms with van der Waals surface area (Å²) >= 11 is 2.84. The third kappa shape index (κ3) is 5.76. The summed E-state index contributed by atoms with van der Waals surface area (Å²) < 4.78 is 24.5. The van der Waals surface area contributed by atoms with Gasteiger partial charge in [-0.05, 0) is 23.1 Å². The van der Waals surface area contributed by atoms with E-state index in [2.05, 4.69) is 27.3 Å². The molecular weight excluding hydrogens is 476 g/mol. The first-order valence-corrected chi connectivity index (χ1v) is 13.7. The molecule has 0 saturated heterocycles. The Balaban J connectivity index is 1.53. The monoisotopic (exact) mass is 496 g/mol. The number of aromatic nitrogens is 2. The molecule has 0 unspecified atom stereocenters. The molecule has 2 aromatic carbocycles. The van der Waals surface area contributed by atoms with E-state index in [1.807, 2.05) is 41.9 Å². The standard InChI is InChI=1S/C23H20N4O3S3/c1-3-21-25-20(14-31-21)26-23(28)27(11-12-33(2,29)30)13-16-7-9-17(10-8-16)18-5-4-6-19-22(18)32-15-24-19/h1,4-10,14-15H,11-13H2,2H3,(H,26,28). The molecule has 4 rings (SSSR count). The smallest absolute Gasteiger partial charge is 0.319 e. The molecule has 168 valence electrons. The molecule has 0 atom stereocenters. The molecule has 0 bridgehead atoms. The molecule has 33 heavy (non-hydrogen) atoms. The molecule has 0 spiro atoms. The van der Waals surface area contributed by atoms with E-state index in [4.69, 9.17) is 6.42 Å². The van der Waals surface area contributed by atoms with E-state index in [0.717, 1.165) is 33.2 Å². The molecule has 2 aromatic heterocycles. The van der Waals surface area contributed by atoms with Gasteiger partial charge in [0.05, 0.1) is 21.5 Å². The Labute approximate surface area is 200 Å². The average Bonchev–Trinajstić information content (AvgIpc) is 3.45. The number of nitrogens with zero attached hydrogens (tertiary/aromatic N) is 3. The van der Waals surface area contributed by atoms with Crippen LogP contribution in [0.5, 0.6) is 0 Å². The highest BCUT2D eigenvalue weighted by Gasteiger charge is 2.18. The lowest BCUT2D eigenvalue weighted by atomic mass is 10.0. The van der Waals surface area contributed by atoms with Crippen molar-refractivity contribution < 1.29 is 13.2 Å². The van der Waals surface area contributed by atoms with Crippen LogP contribution in [0.2, 0.25) is 0 Å². The van der Waals surface area contributed by atoms with Crippen molar-refractivity contribution in [2.24, 2.45) is 0 Å². The van der Waals surface area contributed by atoms with Gasteiger partial charge >= 0.3 is 6.03 Å². The van der Waals surface area contributed by atoms with Crippen LogP contribution in [-0.4, -0.2) is 47.9 Å². The van der Waals surface area contributed by atoms with Crippen molar-refractivity contribution >= 4 is 54.6 Å². The molecule has 7 nitrogen and oxygen atoms in total. The lowest BCUT2D eigenvalue weighted by molar-refractivity contribution is 0.212. The number of thiazole rings is 2. The minimum atomic E-state index is -3.24. The first-order chi connectivity index (χ1) is 15.8. The number of fused-ring (bicyclic) bond motifs is 1. The fourth-order valence-corrected chi connectivity index (χ4v) is 5.17. The van der Waals surface area contributed by atoms with Gasteiger partial charge in [0, 0.05) is 30.3 Å². The summed E-state index contributed by atoms with van der Waals surface area (Å²) in [6.07, 6.45) is 6.49. The summed E-state index contributed by atoms with van der Waals surface area (Å²) in [6, 6.07) is 13.4. The predicted octanol–water partition coefficient (Wildman–Crippen LogP) is 4.48. The summed E-state index contributed by atoms with van der Waals surface area (Å²) in [4.78, 5) is 22.8. The van der Waals surface area contributed by atoms with E-state index < -0.39 is 15.9 Å². The van der Waals surface area contributed by atoms with Crippen molar-refractivity contribution in [2.45, 2.75) is 6.54 Å². The maximum Gasteiger partial charge on any atom is 0.323 e. The van der Waals surface area contributed by atoms with Crippen molar-refractivity contribution in [3.8, 4) is 23.5 Å². The zero-order chi connectivity index (χ0) is 23.4. The van der Waals surface area contributed by atoms with E-state index in [0.29, 0.717) is 10.8 Å². The number of amides is 2. The van der Waals surface area contributed by atoms with Gasteiger partial charge in [-0.15, -0.1) is 29.1 Å². The van der Waals surface area contributed by atoms with Gasteiger partial charge in [0.25, 0.3) is 0 Å². The van der Waals surface area contributed by atoms with Crippen LogP contribution in [0.1, 0.15) is 10.6 Å². The lowest BCUT2D eigenvalue weighted by Gasteiger charge is -2.22. The summed E-state index contributed by atoms with van der Waals surface area (Å²) in [5.74, 6) is 2.63. The second kappa shape index (κ2) is 9.70. The van der Waals surface area contributed by atoms with E-state index in [1.165, 1.54) is 16.2 Å². The molecular formula is C23H20N4O3S3. The van der Waals surface area contributed by atoms with Crippen LogP contribution in [0.15, 0.2) is 53.4 Å². The number of rotatable bonds is 7. The topological polar surface area (TPSA) is 92.3 Å². The maximum atomic E-state index is 12.9. The largest absolute Gasteiger partial charge is 0.323 e. The minimum Gasteiger partial charge on any atom is -0.319 e. The predicted molar refractivity (Wildman–Crippen MR) is 134 cm³/mol. The van der Waals surface area contributed by atoms with Gasteiger partial charge in [-0.1, -0.05) is 36.4 Å². The molecule has 1 N–H and O–H groups in total. The molecule has 2 heterocycles. The van der Waals surface area contributed by atoms with Crippen molar-refractivity contribution in [1.82, 2.24) is 14.9 Å². The quantitative estimate of drug-likeness (QED) is 0.381. The fourth-order valence-electron chi connectivity index (χ4n) is 3.24. The number of carbonyl (C=O) groups excluding carboxylic acids is 1.